The van der Waals surface area contributed by atoms with Crippen LogP contribution >= 0.6 is 0 Å². The van der Waals surface area contributed by atoms with Crippen molar-refractivity contribution >= 4 is 11.9 Å². The van der Waals surface area contributed by atoms with Gasteiger partial charge in [-0.15, -0.1) is 0 Å². The van der Waals surface area contributed by atoms with Gasteiger partial charge in [-0.1, -0.05) is 66.7 Å². The third-order valence-electron chi connectivity index (χ3n) is 4.18. The predicted molar refractivity (Wildman–Crippen MR) is 100.0 cm³/mol. The standard InChI is InChI=1S/C22H18O4/c23-21(24)12-15-6-8-17(9-7-15)20-13-18(16-4-2-1-3-5-16)10-11-19(20)14-22(25)26/h1-11,13H,12,14H2,(H,23,24)(H,25,26). The van der Waals surface area contributed by atoms with Gasteiger partial charge in [-0.2, -0.15) is 0 Å². The van der Waals surface area contributed by atoms with Crippen LogP contribution in [0.2, 0.25) is 0 Å². The average molecular weight is 346 g/mol. The first-order chi connectivity index (χ1) is 12.5. The van der Waals surface area contributed by atoms with E-state index in [4.69, 9.17) is 5.11 Å². The highest BCUT2D eigenvalue weighted by Gasteiger charge is 2.11. The Labute approximate surface area is 151 Å². The van der Waals surface area contributed by atoms with Crippen LogP contribution in [0.3, 0.4) is 0 Å². The van der Waals surface area contributed by atoms with Gasteiger partial charge in [0.05, 0.1) is 12.8 Å². The highest BCUT2D eigenvalue weighted by Crippen LogP contribution is 2.30. The summed E-state index contributed by atoms with van der Waals surface area (Å²) in [6.45, 7) is 0. The van der Waals surface area contributed by atoms with Gasteiger partial charge in [-0.3, -0.25) is 9.59 Å². The van der Waals surface area contributed by atoms with Crippen LogP contribution in [0.15, 0.2) is 72.8 Å². The van der Waals surface area contributed by atoms with E-state index in [0.717, 1.165) is 27.8 Å². The fraction of sp³-hybridized carbons (Fsp3) is 0.0909. The predicted octanol–water partition coefficient (Wildman–Crippen LogP) is 4.27. The fourth-order valence-electron chi connectivity index (χ4n) is 2.95. The van der Waals surface area contributed by atoms with Crippen molar-refractivity contribution in [1.82, 2.24) is 0 Å². The molecule has 4 nitrogen and oxygen atoms in total. The molecule has 0 aromatic heterocycles. The molecule has 0 unspecified atom stereocenters. The summed E-state index contributed by atoms with van der Waals surface area (Å²) in [7, 11) is 0. The van der Waals surface area contributed by atoms with Crippen LogP contribution in [0.1, 0.15) is 11.1 Å². The Hall–Kier alpha value is -3.40. The van der Waals surface area contributed by atoms with Gasteiger partial charge in [0, 0.05) is 0 Å². The molecule has 0 saturated carbocycles. The van der Waals surface area contributed by atoms with E-state index in [1.165, 1.54) is 0 Å². The summed E-state index contributed by atoms with van der Waals surface area (Å²) in [5, 5.41) is 18.1. The molecule has 0 atom stereocenters. The van der Waals surface area contributed by atoms with E-state index in [1.54, 1.807) is 12.1 Å². The molecule has 0 aliphatic heterocycles. The first-order valence-corrected chi connectivity index (χ1v) is 8.24. The summed E-state index contributed by atoms with van der Waals surface area (Å²) in [4.78, 5) is 22.1. The Kier molecular flexibility index (Phi) is 5.13. The van der Waals surface area contributed by atoms with Gasteiger partial charge in [0.1, 0.15) is 0 Å². The van der Waals surface area contributed by atoms with Crippen molar-refractivity contribution in [3.8, 4) is 22.3 Å². The maximum absolute atomic E-state index is 11.2. The monoisotopic (exact) mass is 346 g/mol. The van der Waals surface area contributed by atoms with Crippen LogP contribution in [0.5, 0.6) is 0 Å². The molecule has 3 rings (SSSR count). The number of rotatable bonds is 6. The van der Waals surface area contributed by atoms with Gasteiger partial charge in [-0.25, -0.2) is 0 Å². The van der Waals surface area contributed by atoms with Crippen LogP contribution in [0.4, 0.5) is 0 Å². The minimum absolute atomic E-state index is 0.0354. The molecule has 0 saturated heterocycles. The number of hydrogen-bond acceptors (Lipinski definition) is 2. The largest absolute Gasteiger partial charge is 0.481 e. The lowest BCUT2D eigenvalue weighted by Crippen LogP contribution is -2.02. The van der Waals surface area contributed by atoms with Crippen LogP contribution < -0.4 is 0 Å². The molecule has 0 aliphatic rings. The lowest BCUT2D eigenvalue weighted by atomic mass is 9.92. The molecule has 0 aliphatic carbocycles. The van der Waals surface area contributed by atoms with Crippen molar-refractivity contribution in [3.05, 3.63) is 83.9 Å². The van der Waals surface area contributed by atoms with Gasteiger partial charge in [0.15, 0.2) is 0 Å². The smallest absolute Gasteiger partial charge is 0.307 e. The Morgan fingerprint density at radius 2 is 1.27 bits per heavy atom. The van der Waals surface area contributed by atoms with Crippen LogP contribution in [-0.2, 0) is 22.4 Å². The Morgan fingerprint density at radius 1 is 0.654 bits per heavy atom. The number of carbonyl (C=O) groups is 2. The fourth-order valence-corrected chi connectivity index (χ4v) is 2.95. The number of benzene rings is 3. The van der Waals surface area contributed by atoms with Crippen LogP contribution in [0, 0.1) is 0 Å². The molecule has 3 aromatic carbocycles. The number of carboxylic acids is 2. The van der Waals surface area contributed by atoms with E-state index in [2.05, 4.69) is 0 Å². The molecule has 0 bridgehead atoms. The maximum atomic E-state index is 11.2. The highest BCUT2D eigenvalue weighted by molar-refractivity contribution is 5.80. The zero-order valence-corrected chi connectivity index (χ0v) is 14.1. The summed E-state index contributed by atoms with van der Waals surface area (Å²) >= 11 is 0. The molecule has 0 heterocycles. The number of aliphatic carboxylic acids is 2. The van der Waals surface area contributed by atoms with Crippen LogP contribution in [0.25, 0.3) is 22.3 Å². The molecule has 130 valence electrons. The van der Waals surface area contributed by atoms with Gasteiger partial charge in [0.2, 0.25) is 0 Å². The van der Waals surface area contributed by atoms with Gasteiger partial charge >= 0.3 is 11.9 Å². The van der Waals surface area contributed by atoms with E-state index < -0.39 is 11.9 Å². The molecule has 3 aromatic rings. The first-order valence-electron chi connectivity index (χ1n) is 8.24. The SMILES string of the molecule is O=C(O)Cc1ccc(-c2cc(-c3ccccc3)ccc2CC(=O)O)cc1. The molecule has 0 amide bonds. The summed E-state index contributed by atoms with van der Waals surface area (Å²) in [6.07, 6.45) is -0.104. The van der Waals surface area contributed by atoms with Crippen molar-refractivity contribution in [1.29, 1.82) is 0 Å². The van der Waals surface area contributed by atoms with Crippen molar-refractivity contribution < 1.29 is 19.8 Å². The van der Waals surface area contributed by atoms with Gasteiger partial charge in [0.25, 0.3) is 0 Å². The molecule has 2 N–H and O–H groups in total. The molecular formula is C22H18O4. The number of carboxylic acid groups (broad SMARTS) is 2. The quantitative estimate of drug-likeness (QED) is 0.699. The van der Waals surface area contributed by atoms with Gasteiger partial charge in [-0.05, 0) is 39.4 Å². The summed E-state index contributed by atoms with van der Waals surface area (Å²) in [5.74, 6) is -1.77. The molecule has 0 fully saturated rings. The minimum atomic E-state index is -0.888. The van der Waals surface area contributed by atoms with E-state index in [9.17, 15) is 14.7 Å². The third-order valence-corrected chi connectivity index (χ3v) is 4.18. The summed E-state index contributed by atoms with van der Waals surface area (Å²) < 4.78 is 0. The molecule has 0 radical (unpaired) electrons. The molecular weight excluding hydrogens is 328 g/mol. The molecule has 26 heavy (non-hydrogen) atoms. The van der Waals surface area contributed by atoms with Crippen molar-refractivity contribution in [2.75, 3.05) is 0 Å². The lowest BCUT2D eigenvalue weighted by Gasteiger charge is -2.12. The average Bonchev–Trinajstić information content (AvgIpc) is 2.63. The van der Waals surface area contributed by atoms with Crippen molar-refractivity contribution in [3.63, 3.8) is 0 Å². The molecule has 0 spiro atoms. The lowest BCUT2D eigenvalue weighted by molar-refractivity contribution is -0.137. The van der Waals surface area contributed by atoms with E-state index in [1.807, 2.05) is 60.7 Å². The van der Waals surface area contributed by atoms with Crippen molar-refractivity contribution in [2.45, 2.75) is 12.8 Å². The third kappa shape index (κ3) is 4.16. The summed E-state index contributed by atoms with van der Waals surface area (Å²) in [5.41, 5.74) is 5.20. The second kappa shape index (κ2) is 7.66. The minimum Gasteiger partial charge on any atom is -0.481 e. The zero-order chi connectivity index (χ0) is 18.5. The Morgan fingerprint density at radius 3 is 1.88 bits per heavy atom. The van der Waals surface area contributed by atoms with E-state index >= 15 is 0 Å². The van der Waals surface area contributed by atoms with Crippen LogP contribution in [-0.4, -0.2) is 22.2 Å². The Balaban J connectivity index is 2.04. The van der Waals surface area contributed by atoms with Gasteiger partial charge < -0.3 is 10.2 Å². The second-order valence-corrected chi connectivity index (χ2v) is 6.08. The highest BCUT2D eigenvalue weighted by atomic mass is 16.4. The molecule has 4 heteroatoms. The first kappa shape index (κ1) is 17.4. The zero-order valence-electron chi connectivity index (χ0n) is 14.1. The maximum Gasteiger partial charge on any atom is 0.307 e. The number of hydrogen-bond donors (Lipinski definition) is 2. The van der Waals surface area contributed by atoms with Crippen molar-refractivity contribution in [2.24, 2.45) is 0 Å². The van der Waals surface area contributed by atoms with E-state index in [-0.39, 0.29) is 12.8 Å². The Bertz CT molecular complexity index is 928. The topological polar surface area (TPSA) is 74.6 Å². The normalized spacial score (nSPS) is 10.5. The summed E-state index contributed by atoms with van der Waals surface area (Å²) in [6, 6.07) is 22.9. The van der Waals surface area contributed by atoms with E-state index in [0.29, 0.717) is 5.56 Å². The second-order valence-electron chi connectivity index (χ2n) is 6.08.